The molecule has 0 fully saturated rings. The third-order valence-corrected chi connectivity index (χ3v) is 1.67. The second-order valence-electron chi connectivity index (χ2n) is 2.97. The van der Waals surface area contributed by atoms with Crippen LogP contribution in [0.4, 0.5) is 0 Å². The third kappa shape index (κ3) is 7.34. The number of hydrogen-bond donors (Lipinski definition) is 3. The van der Waals surface area contributed by atoms with E-state index in [1.54, 1.807) is 0 Å². The highest BCUT2D eigenvalue weighted by atomic mass is 15.1. The molecule has 1 unspecified atom stereocenters. The third-order valence-electron chi connectivity index (χ3n) is 1.67. The summed E-state index contributed by atoms with van der Waals surface area (Å²) in [6.07, 6.45) is 5.46. The molecule has 0 rings (SSSR count). The first-order valence-corrected chi connectivity index (χ1v) is 4.51. The standard InChI is InChI=1S/C8H20N4/c1-2-3-4-5-6-7(9)12-8(10)11/h7H,2-6,9H2,1H3,(H4,10,11,12). The lowest BCUT2D eigenvalue weighted by atomic mass is 10.1. The van der Waals surface area contributed by atoms with Gasteiger partial charge in [0, 0.05) is 0 Å². The fourth-order valence-electron chi connectivity index (χ4n) is 1.04. The van der Waals surface area contributed by atoms with Crippen molar-refractivity contribution in [2.75, 3.05) is 0 Å². The van der Waals surface area contributed by atoms with E-state index in [4.69, 9.17) is 17.2 Å². The van der Waals surface area contributed by atoms with Crippen LogP contribution in [0, 0.1) is 0 Å². The van der Waals surface area contributed by atoms with Crippen molar-refractivity contribution in [3.63, 3.8) is 0 Å². The molecule has 0 aromatic carbocycles. The Labute approximate surface area is 74.2 Å². The summed E-state index contributed by atoms with van der Waals surface area (Å²) in [6.45, 7) is 2.18. The van der Waals surface area contributed by atoms with Crippen molar-refractivity contribution < 1.29 is 0 Å². The van der Waals surface area contributed by atoms with Crippen molar-refractivity contribution in [3.8, 4) is 0 Å². The van der Waals surface area contributed by atoms with Crippen LogP contribution in [-0.4, -0.2) is 12.1 Å². The minimum Gasteiger partial charge on any atom is -0.370 e. The predicted molar refractivity (Wildman–Crippen MR) is 52.5 cm³/mol. The molecule has 0 spiro atoms. The smallest absolute Gasteiger partial charge is 0.187 e. The fourth-order valence-corrected chi connectivity index (χ4v) is 1.04. The number of guanidine groups is 1. The van der Waals surface area contributed by atoms with Gasteiger partial charge in [0.25, 0.3) is 0 Å². The van der Waals surface area contributed by atoms with Gasteiger partial charge in [0.05, 0.1) is 0 Å². The Morgan fingerprint density at radius 2 is 1.92 bits per heavy atom. The van der Waals surface area contributed by atoms with Gasteiger partial charge in [-0.25, -0.2) is 4.99 Å². The van der Waals surface area contributed by atoms with Crippen molar-refractivity contribution in [1.29, 1.82) is 0 Å². The van der Waals surface area contributed by atoms with Crippen LogP contribution in [0.1, 0.15) is 39.0 Å². The fraction of sp³-hybridized carbons (Fsp3) is 0.875. The van der Waals surface area contributed by atoms with Gasteiger partial charge in [0.1, 0.15) is 6.17 Å². The van der Waals surface area contributed by atoms with Crippen LogP contribution in [0.15, 0.2) is 4.99 Å². The van der Waals surface area contributed by atoms with Gasteiger partial charge >= 0.3 is 0 Å². The van der Waals surface area contributed by atoms with Crippen molar-refractivity contribution in [2.45, 2.75) is 45.2 Å². The monoisotopic (exact) mass is 172 g/mol. The number of aliphatic imine (C=N–C) groups is 1. The predicted octanol–water partition coefficient (Wildman–Crippen LogP) is 0.515. The van der Waals surface area contributed by atoms with Crippen LogP contribution >= 0.6 is 0 Å². The highest BCUT2D eigenvalue weighted by Crippen LogP contribution is 2.04. The molecule has 0 amide bonds. The van der Waals surface area contributed by atoms with Crippen molar-refractivity contribution in [2.24, 2.45) is 22.2 Å². The Hall–Kier alpha value is -0.770. The van der Waals surface area contributed by atoms with Gasteiger partial charge in [0.15, 0.2) is 5.96 Å². The highest BCUT2D eigenvalue weighted by molar-refractivity contribution is 5.75. The zero-order valence-electron chi connectivity index (χ0n) is 7.79. The minimum atomic E-state index is -0.216. The van der Waals surface area contributed by atoms with Crippen LogP contribution in [-0.2, 0) is 0 Å². The number of rotatable bonds is 6. The summed E-state index contributed by atoms with van der Waals surface area (Å²) >= 11 is 0. The molecule has 4 heteroatoms. The second-order valence-corrected chi connectivity index (χ2v) is 2.97. The Morgan fingerprint density at radius 3 is 2.42 bits per heavy atom. The summed E-state index contributed by atoms with van der Waals surface area (Å²) in [6, 6.07) is 0. The maximum Gasteiger partial charge on any atom is 0.187 e. The maximum atomic E-state index is 5.61. The topological polar surface area (TPSA) is 90.4 Å². The Bertz CT molecular complexity index is 129. The van der Waals surface area contributed by atoms with Crippen molar-refractivity contribution in [3.05, 3.63) is 0 Å². The van der Waals surface area contributed by atoms with Gasteiger partial charge in [-0.1, -0.05) is 26.2 Å². The van der Waals surface area contributed by atoms with Gasteiger partial charge in [-0.3, -0.25) is 0 Å². The SMILES string of the molecule is CCCCCCC(N)N=C(N)N. The summed E-state index contributed by atoms with van der Waals surface area (Å²) in [7, 11) is 0. The summed E-state index contributed by atoms with van der Waals surface area (Å²) in [5.74, 6) is 0.0815. The van der Waals surface area contributed by atoms with Gasteiger partial charge in [-0.15, -0.1) is 0 Å². The molecular weight excluding hydrogens is 152 g/mol. The lowest BCUT2D eigenvalue weighted by molar-refractivity contribution is 0.562. The van der Waals surface area contributed by atoms with E-state index in [9.17, 15) is 0 Å². The Kier molecular flexibility index (Phi) is 6.47. The van der Waals surface area contributed by atoms with Crippen molar-refractivity contribution in [1.82, 2.24) is 0 Å². The van der Waals surface area contributed by atoms with Crippen LogP contribution < -0.4 is 17.2 Å². The summed E-state index contributed by atoms with van der Waals surface area (Å²) in [5.41, 5.74) is 16.0. The zero-order chi connectivity index (χ0) is 9.40. The first kappa shape index (κ1) is 11.2. The van der Waals surface area contributed by atoms with Gasteiger partial charge < -0.3 is 17.2 Å². The van der Waals surface area contributed by atoms with E-state index < -0.39 is 0 Å². The first-order valence-electron chi connectivity index (χ1n) is 4.51. The average Bonchev–Trinajstić information content (AvgIpc) is 1.97. The minimum absolute atomic E-state index is 0.0815. The van der Waals surface area contributed by atoms with Crippen molar-refractivity contribution >= 4 is 5.96 Å². The van der Waals surface area contributed by atoms with E-state index >= 15 is 0 Å². The normalized spacial score (nSPS) is 12.5. The van der Waals surface area contributed by atoms with E-state index in [1.807, 2.05) is 0 Å². The molecule has 0 radical (unpaired) electrons. The Balaban J connectivity index is 3.32. The van der Waals surface area contributed by atoms with Gasteiger partial charge in [-0.05, 0) is 12.8 Å². The molecule has 0 saturated heterocycles. The molecule has 0 aliphatic rings. The molecule has 0 saturated carbocycles. The number of hydrogen-bond acceptors (Lipinski definition) is 2. The molecule has 4 nitrogen and oxygen atoms in total. The summed E-state index contributed by atoms with van der Waals surface area (Å²) < 4.78 is 0. The van der Waals surface area contributed by atoms with E-state index in [-0.39, 0.29) is 12.1 Å². The number of nitrogens with two attached hydrogens (primary N) is 3. The van der Waals surface area contributed by atoms with E-state index in [2.05, 4.69) is 11.9 Å². The van der Waals surface area contributed by atoms with Crippen LogP contribution in [0.5, 0.6) is 0 Å². The number of nitrogens with zero attached hydrogens (tertiary/aromatic N) is 1. The van der Waals surface area contributed by atoms with Crippen LogP contribution in [0.2, 0.25) is 0 Å². The summed E-state index contributed by atoms with van der Waals surface area (Å²) in [5, 5.41) is 0. The quantitative estimate of drug-likeness (QED) is 0.310. The number of unbranched alkanes of at least 4 members (excludes halogenated alkanes) is 3. The molecule has 0 aromatic rings. The van der Waals surface area contributed by atoms with Gasteiger partial charge in [0.2, 0.25) is 0 Å². The first-order chi connectivity index (χ1) is 5.66. The molecule has 0 aliphatic carbocycles. The zero-order valence-corrected chi connectivity index (χ0v) is 7.79. The maximum absolute atomic E-state index is 5.61. The van der Waals surface area contributed by atoms with E-state index in [0.29, 0.717) is 0 Å². The lowest BCUT2D eigenvalue weighted by Crippen LogP contribution is -2.28. The second kappa shape index (κ2) is 6.91. The molecule has 1 atom stereocenters. The molecule has 72 valence electrons. The Morgan fingerprint density at radius 1 is 1.25 bits per heavy atom. The average molecular weight is 172 g/mol. The molecule has 6 N–H and O–H groups in total. The van der Waals surface area contributed by atoms with E-state index in [0.717, 1.165) is 12.8 Å². The molecule has 0 heterocycles. The van der Waals surface area contributed by atoms with E-state index in [1.165, 1.54) is 19.3 Å². The molecular formula is C8H20N4. The molecule has 0 aromatic heterocycles. The summed E-state index contributed by atoms with van der Waals surface area (Å²) in [4.78, 5) is 3.82. The highest BCUT2D eigenvalue weighted by Gasteiger charge is 1.98. The van der Waals surface area contributed by atoms with Crippen LogP contribution in [0.3, 0.4) is 0 Å². The van der Waals surface area contributed by atoms with Crippen LogP contribution in [0.25, 0.3) is 0 Å². The molecule has 0 aliphatic heterocycles. The molecule has 0 bridgehead atoms. The van der Waals surface area contributed by atoms with Gasteiger partial charge in [-0.2, -0.15) is 0 Å². The largest absolute Gasteiger partial charge is 0.370 e. The molecule has 12 heavy (non-hydrogen) atoms. The lowest BCUT2D eigenvalue weighted by Gasteiger charge is -2.05.